The van der Waals surface area contributed by atoms with Crippen LogP contribution < -0.4 is 0 Å². The summed E-state index contributed by atoms with van der Waals surface area (Å²) >= 11 is 1.44. The average Bonchev–Trinajstić information content (AvgIpc) is 3.47. The van der Waals surface area contributed by atoms with E-state index in [0.29, 0.717) is 13.0 Å². The quantitative estimate of drug-likeness (QED) is 0.151. The van der Waals surface area contributed by atoms with Crippen LogP contribution in [-0.4, -0.2) is 79.1 Å². The third-order valence-corrected chi connectivity index (χ3v) is 7.87. The molecule has 2 aliphatic rings. The minimum Gasteiger partial charge on any atom is -0.460 e. The number of rotatable bonds is 15. The maximum Gasteiger partial charge on any atom is 0.508 e. The molecule has 1 aromatic rings. The van der Waals surface area contributed by atoms with Crippen LogP contribution in [-0.2, 0) is 30.3 Å². The fraction of sp³-hybridized carbons (Fsp3) is 0.652. The van der Waals surface area contributed by atoms with Crippen molar-refractivity contribution in [3.63, 3.8) is 0 Å². The van der Waals surface area contributed by atoms with Crippen molar-refractivity contribution < 1.29 is 28.6 Å². The molecule has 0 saturated carbocycles. The van der Waals surface area contributed by atoms with Crippen LogP contribution in [0.3, 0.4) is 0 Å². The van der Waals surface area contributed by atoms with Crippen molar-refractivity contribution in [2.45, 2.75) is 68.2 Å². The highest BCUT2D eigenvalue weighted by Gasteiger charge is 2.63. The van der Waals surface area contributed by atoms with E-state index in [1.165, 1.54) is 23.9 Å². The van der Waals surface area contributed by atoms with Crippen LogP contribution in [0.2, 0.25) is 0 Å². The molecule has 0 radical (unpaired) electrons. The number of β-lactam (4-membered cyclic amide) rings is 1. The van der Waals surface area contributed by atoms with Gasteiger partial charge in [0.25, 0.3) is 0 Å². The lowest BCUT2D eigenvalue weighted by atomic mass is 9.90. The molecule has 0 aromatic carbocycles. The van der Waals surface area contributed by atoms with E-state index >= 15 is 0 Å². The van der Waals surface area contributed by atoms with Crippen LogP contribution in [0.25, 0.3) is 0 Å². The Hall–Kier alpha value is -2.89. The first-order valence-corrected chi connectivity index (χ1v) is 12.7. The van der Waals surface area contributed by atoms with Gasteiger partial charge in [-0.25, -0.2) is 9.48 Å². The smallest absolute Gasteiger partial charge is 0.460 e. The molecule has 0 N–H and O–H groups in total. The highest BCUT2D eigenvalue weighted by Crippen LogP contribution is 2.53. The van der Waals surface area contributed by atoms with Crippen LogP contribution in [0.1, 0.15) is 45.4 Å². The maximum atomic E-state index is 13.1. The number of hydrogen-bond acceptors (Lipinski definition) is 10. The third-order valence-electron chi connectivity index (χ3n) is 6.13. The zero-order valence-corrected chi connectivity index (χ0v) is 20.9. The molecular weight excluding hydrogens is 474 g/mol. The number of ether oxygens (including phenoxy) is 3. The van der Waals surface area contributed by atoms with Gasteiger partial charge in [0.2, 0.25) is 5.91 Å². The summed E-state index contributed by atoms with van der Waals surface area (Å²) in [7, 11) is 0. The van der Waals surface area contributed by atoms with E-state index < -0.39 is 22.9 Å². The Labute approximate surface area is 209 Å². The molecule has 4 atom stereocenters. The standard InChI is InChI=1S/C23H33N5O6S/c1-4-13-32-21(30)23(11-9-7-6-8-10-12-27-16-24-25-26-27)15-28-19(29)18(20(28)35-23)17(3)34-22(31)33-14-5-2/h4-5,16-18,20H,1-2,6-15H2,3H3/t17-,18+,20-,23?/m1/s1. The van der Waals surface area contributed by atoms with Crippen molar-refractivity contribution in [2.75, 3.05) is 19.8 Å². The normalized spacial score (nSPS) is 23.7. The second-order valence-electron chi connectivity index (χ2n) is 8.65. The topological polar surface area (TPSA) is 126 Å². The lowest BCUT2D eigenvalue weighted by Gasteiger charge is -2.43. The van der Waals surface area contributed by atoms with Gasteiger partial charge in [-0.2, -0.15) is 0 Å². The highest BCUT2D eigenvalue weighted by molar-refractivity contribution is 8.02. The van der Waals surface area contributed by atoms with Gasteiger partial charge in [0.15, 0.2) is 0 Å². The van der Waals surface area contributed by atoms with E-state index in [1.807, 2.05) is 0 Å². The molecule has 35 heavy (non-hydrogen) atoms. The Kier molecular flexibility index (Phi) is 9.70. The van der Waals surface area contributed by atoms with Gasteiger partial charge >= 0.3 is 12.1 Å². The SMILES string of the molecule is C=CCOC(=O)O[C@H](C)[C@H]1C(=O)N2CC(CCCCCCCn3cnnn3)(C(=O)OCC=C)S[C@H]12. The summed E-state index contributed by atoms with van der Waals surface area (Å²) in [4.78, 5) is 39.4. The Balaban J connectivity index is 1.52. The summed E-state index contributed by atoms with van der Waals surface area (Å²) in [6.45, 7) is 9.99. The fourth-order valence-corrected chi connectivity index (χ4v) is 6.22. The number of esters is 1. The Morgan fingerprint density at radius 1 is 1.20 bits per heavy atom. The number of hydrogen-bond donors (Lipinski definition) is 0. The minimum atomic E-state index is -0.844. The van der Waals surface area contributed by atoms with Crippen LogP contribution >= 0.6 is 11.8 Å². The number of nitrogens with zero attached hydrogens (tertiary/aromatic N) is 5. The monoisotopic (exact) mass is 507 g/mol. The summed E-state index contributed by atoms with van der Waals surface area (Å²) in [5.74, 6) is -0.995. The van der Waals surface area contributed by atoms with Crippen LogP contribution in [0, 0.1) is 5.92 Å². The summed E-state index contributed by atoms with van der Waals surface area (Å²) < 4.78 is 16.4. The minimum absolute atomic E-state index is 0.0321. The number of aryl methyl sites for hydroxylation is 1. The van der Waals surface area contributed by atoms with Gasteiger partial charge in [-0.1, -0.05) is 51.0 Å². The zero-order chi connectivity index (χ0) is 25.3. The lowest BCUT2D eigenvalue weighted by Crippen LogP contribution is -2.61. The number of unbranched alkanes of at least 4 members (excludes halogenated alkanes) is 4. The summed E-state index contributed by atoms with van der Waals surface area (Å²) in [6, 6.07) is 0. The van der Waals surface area contributed by atoms with Gasteiger partial charge in [-0.15, -0.1) is 16.9 Å². The van der Waals surface area contributed by atoms with Crippen molar-refractivity contribution >= 4 is 29.8 Å². The molecule has 3 rings (SSSR count). The predicted octanol–water partition coefficient (Wildman–Crippen LogP) is 2.74. The highest BCUT2D eigenvalue weighted by atomic mass is 32.2. The molecule has 1 aromatic heterocycles. The second kappa shape index (κ2) is 12.7. The Morgan fingerprint density at radius 2 is 1.91 bits per heavy atom. The molecule has 1 amide bonds. The molecule has 2 aliphatic heterocycles. The number of aromatic nitrogens is 4. The molecule has 11 nitrogen and oxygen atoms in total. The number of tetrazole rings is 1. The maximum absolute atomic E-state index is 13.1. The molecule has 1 unspecified atom stereocenters. The number of amides is 1. The molecule has 0 bridgehead atoms. The van der Waals surface area contributed by atoms with E-state index in [0.717, 1.165) is 38.6 Å². The molecular formula is C23H33N5O6S. The van der Waals surface area contributed by atoms with Crippen molar-refractivity contribution in [2.24, 2.45) is 5.92 Å². The molecule has 2 saturated heterocycles. The molecule has 192 valence electrons. The first-order chi connectivity index (χ1) is 16.9. The van der Waals surface area contributed by atoms with Crippen LogP contribution in [0.5, 0.6) is 0 Å². The third kappa shape index (κ3) is 6.62. The number of fused-ring (bicyclic) bond motifs is 1. The van der Waals surface area contributed by atoms with Crippen LogP contribution in [0.15, 0.2) is 31.6 Å². The van der Waals surface area contributed by atoms with E-state index in [1.54, 1.807) is 22.8 Å². The average molecular weight is 508 g/mol. The van der Waals surface area contributed by atoms with Gasteiger partial charge in [-0.3, -0.25) is 9.59 Å². The van der Waals surface area contributed by atoms with Gasteiger partial charge in [0, 0.05) is 13.1 Å². The predicted molar refractivity (Wildman–Crippen MR) is 128 cm³/mol. The Morgan fingerprint density at radius 3 is 2.63 bits per heavy atom. The first kappa shape index (κ1) is 26.7. The largest absolute Gasteiger partial charge is 0.508 e. The molecule has 3 heterocycles. The lowest BCUT2D eigenvalue weighted by molar-refractivity contribution is -0.157. The van der Waals surface area contributed by atoms with Gasteiger partial charge < -0.3 is 19.1 Å². The van der Waals surface area contributed by atoms with Gasteiger partial charge in [-0.05, 0) is 30.2 Å². The van der Waals surface area contributed by atoms with Crippen LogP contribution in [0.4, 0.5) is 4.79 Å². The first-order valence-electron chi connectivity index (χ1n) is 11.8. The summed E-state index contributed by atoms with van der Waals surface area (Å²) in [5, 5.41) is 10.8. The van der Waals surface area contributed by atoms with E-state index in [-0.39, 0.29) is 30.5 Å². The molecule has 12 heteroatoms. The number of thioether (sulfide) groups is 1. The van der Waals surface area contributed by atoms with Gasteiger partial charge in [0.1, 0.15) is 36.3 Å². The van der Waals surface area contributed by atoms with Crippen molar-refractivity contribution in [3.8, 4) is 0 Å². The van der Waals surface area contributed by atoms with E-state index in [4.69, 9.17) is 14.2 Å². The van der Waals surface area contributed by atoms with E-state index in [9.17, 15) is 14.4 Å². The Bertz CT molecular complexity index is 897. The summed E-state index contributed by atoms with van der Waals surface area (Å²) in [5.41, 5.74) is 0. The molecule has 0 spiro atoms. The number of carbonyl (C=O) groups is 3. The van der Waals surface area contributed by atoms with Crippen molar-refractivity contribution in [3.05, 3.63) is 31.6 Å². The molecule has 2 fully saturated rings. The zero-order valence-electron chi connectivity index (χ0n) is 20.0. The van der Waals surface area contributed by atoms with Crippen molar-refractivity contribution in [1.82, 2.24) is 25.1 Å². The summed E-state index contributed by atoms with van der Waals surface area (Å²) in [6.07, 6.45) is 8.49. The van der Waals surface area contributed by atoms with Gasteiger partial charge in [0.05, 0.1) is 5.37 Å². The second-order valence-corrected chi connectivity index (χ2v) is 10.1. The molecule has 0 aliphatic carbocycles. The number of carbonyl (C=O) groups excluding carboxylic acids is 3. The fourth-order valence-electron chi connectivity index (χ4n) is 4.33. The van der Waals surface area contributed by atoms with Crippen molar-refractivity contribution in [1.29, 1.82) is 0 Å². The van der Waals surface area contributed by atoms with E-state index in [2.05, 4.69) is 28.7 Å².